The van der Waals surface area contributed by atoms with Gasteiger partial charge in [0.15, 0.2) is 11.0 Å². The summed E-state index contributed by atoms with van der Waals surface area (Å²) in [6, 6.07) is 15.6. The van der Waals surface area contributed by atoms with Gasteiger partial charge in [0.05, 0.1) is 6.42 Å². The van der Waals surface area contributed by atoms with Crippen LogP contribution in [0.5, 0.6) is 0 Å². The number of benzene rings is 2. The molecule has 0 saturated heterocycles. The Labute approximate surface area is 154 Å². The van der Waals surface area contributed by atoms with E-state index in [2.05, 4.69) is 4.98 Å². The molecule has 0 saturated carbocycles. The summed E-state index contributed by atoms with van der Waals surface area (Å²) in [6.45, 7) is 1.92. The van der Waals surface area contributed by atoms with Crippen LogP contribution in [0.1, 0.15) is 18.5 Å². The molecule has 0 atom stereocenters. The summed E-state index contributed by atoms with van der Waals surface area (Å²) in [5.74, 6) is -0.377. The highest BCUT2D eigenvalue weighted by Crippen LogP contribution is 2.34. The maximum Gasteiger partial charge on any atom is 0.309 e. The van der Waals surface area contributed by atoms with Crippen molar-refractivity contribution < 1.29 is 14.3 Å². The molecule has 0 amide bonds. The van der Waals surface area contributed by atoms with Crippen LogP contribution in [0.3, 0.4) is 0 Å². The Hall–Kier alpha value is -2.24. The van der Waals surface area contributed by atoms with Crippen molar-refractivity contribution in [2.75, 3.05) is 0 Å². The Kier molecular flexibility index (Phi) is 5.46. The summed E-state index contributed by atoms with van der Waals surface area (Å²) in [5, 5.41) is 10.3. The number of carbonyl (C=O) groups is 1. The number of oxazole rings is 1. The van der Waals surface area contributed by atoms with Crippen molar-refractivity contribution in [1.82, 2.24) is 4.98 Å². The highest BCUT2D eigenvalue weighted by Gasteiger charge is 2.16. The first-order valence-electron chi connectivity index (χ1n) is 7.80. The van der Waals surface area contributed by atoms with E-state index in [4.69, 9.17) is 21.1 Å². The highest BCUT2D eigenvalue weighted by molar-refractivity contribution is 7.99. The molecule has 3 aromatic rings. The average Bonchev–Trinajstić information content (AvgIpc) is 2.97. The Morgan fingerprint density at radius 1 is 1.20 bits per heavy atom. The zero-order valence-electron chi connectivity index (χ0n) is 13.5. The van der Waals surface area contributed by atoms with Gasteiger partial charge in [-0.1, -0.05) is 60.6 Å². The van der Waals surface area contributed by atoms with Crippen molar-refractivity contribution in [3.8, 4) is 11.1 Å². The number of aliphatic carboxylic acids is 1. The molecule has 0 aliphatic rings. The predicted molar refractivity (Wildman–Crippen MR) is 98.2 cm³/mol. The van der Waals surface area contributed by atoms with Crippen molar-refractivity contribution in [2.24, 2.45) is 0 Å². The molecule has 1 aromatic heterocycles. The third-order valence-corrected chi connectivity index (χ3v) is 4.92. The number of rotatable bonds is 6. The van der Waals surface area contributed by atoms with E-state index in [0.29, 0.717) is 28.1 Å². The van der Waals surface area contributed by atoms with E-state index < -0.39 is 5.97 Å². The fourth-order valence-corrected chi connectivity index (χ4v) is 3.48. The van der Waals surface area contributed by atoms with Crippen LogP contribution in [0.4, 0.5) is 0 Å². The Bertz CT molecular complexity index is 890. The van der Waals surface area contributed by atoms with Gasteiger partial charge in [0.25, 0.3) is 0 Å². The SMILES string of the molecule is CCc1nc(CC(=O)O)c(Sc2ccc(-c3ccccc3Cl)cc2)o1. The van der Waals surface area contributed by atoms with Crippen molar-refractivity contribution >= 4 is 29.3 Å². The number of nitrogens with zero attached hydrogens (tertiary/aromatic N) is 1. The number of aromatic nitrogens is 1. The fourth-order valence-electron chi connectivity index (χ4n) is 2.38. The zero-order valence-corrected chi connectivity index (χ0v) is 15.1. The number of hydrogen-bond donors (Lipinski definition) is 1. The van der Waals surface area contributed by atoms with Gasteiger partial charge in [-0.2, -0.15) is 0 Å². The van der Waals surface area contributed by atoms with Gasteiger partial charge < -0.3 is 9.52 Å². The van der Waals surface area contributed by atoms with Gasteiger partial charge in [0.2, 0.25) is 0 Å². The lowest BCUT2D eigenvalue weighted by molar-refractivity contribution is -0.136. The second-order valence-electron chi connectivity index (χ2n) is 5.37. The molecular formula is C19H16ClNO3S. The lowest BCUT2D eigenvalue weighted by Crippen LogP contribution is -2.01. The first-order valence-corrected chi connectivity index (χ1v) is 8.99. The standard InChI is InChI=1S/C19H16ClNO3S/c1-2-17-21-16(11-18(22)23)19(24-17)25-13-9-7-12(8-10-13)14-5-3-4-6-15(14)20/h3-10H,2,11H2,1H3,(H,22,23). The van der Waals surface area contributed by atoms with Crippen molar-refractivity contribution in [3.63, 3.8) is 0 Å². The fraction of sp³-hybridized carbons (Fsp3) is 0.158. The molecule has 0 spiro atoms. The van der Waals surface area contributed by atoms with E-state index in [0.717, 1.165) is 16.0 Å². The highest BCUT2D eigenvalue weighted by atomic mass is 35.5. The van der Waals surface area contributed by atoms with Crippen LogP contribution in [-0.2, 0) is 17.6 Å². The molecule has 2 aromatic carbocycles. The third-order valence-electron chi connectivity index (χ3n) is 3.58. The van der Waals surface area contributed by atoms with Crippen LogP contribution < -0.4 is 0 Å². The molecule has 0 radical (unpaired) electrons. The summed E-state index contributed by atoms with van der Waals surface area (Å²) in [4.78, 5) is 16.2. The minimum absolute atomic E-state index is 0.149. The number of hydrogen-bond acceptors (Lipinski definition) is 4. The largest absolute Gasteiger partial charge is 0.481 e. The maximum atomic E-state index is 11.0. The van der Waals surface area contributed by atoms with Gasteiger partial charge in [-0.15, -0.1) is 0 Å². The van der Waals surface area contributed by atoms with Crippen molar-refractivity contribution in [1.29, 1.82) is 0 Å². The van der Waals surface area contributed by atoms with E-state index in [1.807, 2.05) is 55.5 Å². The van der Waals surface area contributed by atoms with Crippen LogP contribution >= 0.6 is 23.4 Å². The molecule has 0 aliphatic heterocycles. The average molecular weight is 374 g/mol. The minimum atomic E-state index is -0.924. The van der Waals surface area contributed by atoms with Gasteiger partial charge in [-0.25, -0.2) is 4.98 Å². The molecule has 1 heterocycles. The van der Waals surface area contributed by atoms with E-state index in [1.165, 1.54) is 11.8 Å². The summed E-state index contributed by atoms with van der Waals surface area (Å²) >= 11 is 7.61. The molecule has 1 N–H and O–H groups in total. The second kappa shape index (κ2) is 7.76. The molecule has 4 nitrogen and oxygen atoms in total. The van der Waals surface area contributed by atoms with Crippen molar-refractivity contribution in [3.05, 3.63) is 65.1 Å². The number of carboxylic acid groups (broad SMARTS) is 1. The second-order valence-corrected chi connectivity index (χ2v) is 6.83. The lowest BCUT2D eigenvalue weighted by atomic mass is 10.1. The lowest BCUT2D eigenvalue weighted by Gasteiger charge is -2.05. The molecule has 3 rings (SSSR count). The number of carboxylic acids is 1. The van der Waals surface area contributed by atoms with Crippen LogP contribution in [0, 0.1) is 0 Å². The molecule has 6 heteroatoms. The molecule has 128 valence electrons. The molecule has 0 unspecified atom stereocenters. The van der Waals surface area contributed by atoms with Crippen molar-refractivity contribution in [2.45, 2.75) is 29.8 Å². The minimum Gasteiger partial charge on any atom is -0.481 e. The van der Waals surface area contributed by atoms with Gasteiger partial charge in [-0.05, 0) is 23.8 Å². The summed E-state index contributed by atoms with van der Waals surface area (Å²) in [7, 11) is 0. The molecule has 25 heavy (non-hydrogen) atoms. The molecular weight excluding hydrogens is 358 g/mol. The quantitative estimate of drug-likeness (QED) is 0.632. The first-order chi connectivity index (χ1) is 12.1. The zero-order chi connectivity index (χ0) is 17.8. The summed E-state index contributed by atoms with van der Waals surface area (Å²) < 4.78 is 5.67. The molecule has 0 aliphatic carbocycles. The first kappa shape index (κ1) is 17.6. The van der Waals surface area contributed by atoms with Gasteiger partial charge >= 0.3 is 5.97 Å². The molecule has 0 bridgehead atoms. The number of aryl methyl sites for hydroxylation is 1. The number of halogens is 1. The van der Waals surface area contributed by atoms with Crippen LogP contribution in [0.2, 0.25) is 5.02 Å². The van der Waals surface area contributed by atoms with E-state index in [9.17, 15) is 4.79 Å². The van der Waals surface area contributed by atoms with Gasteiger partial charge in [0.1, 0.15) is 5.69 Å². The Balaban J connectivity index is 1.83. The van der Waals surface area contributed by atoms with Crippen LogP contribution in [0.15, 0.2) is 62.9 Å². The topological polar surface area (TPSA) is 63.3 Å². The summed E-state index contributed by atoms with van der Waals surface area (Å²) in [5.41, 5.74) is 2.46. The van der Waals surface area contributed by atoms with E-state index >= 15 is 0 Å². The predicted octanol–water partition coefficient (Wildman–Crippen LogP) is 5.34. The normalized spacial score (nSPS) is 10.8. The Morgan fingerprint density at radius 3 is 2.56 bits per heavy atom. The maximum absolute atomic E-state index is 11.0. The van der Waals surface area contributed by atoms with Crippen LogP contribution in [0.25, 0.3) is 11.1 Å². The smallest absolute Gasteiger partial charge is 0.309 e. The van der Waals surface area contributed by atoms with Gasteiger partial charge in [0, 0.05) is 21.9 Å². The monoisotopic (exact) mass is 373 g/mol. The van der Waals surface area contributed by atoms with Crippen LogP contribution in [-0.4, -0.2) is 16.1 Å². The molecule has 0 fully saturated rings. The van der Waals surface area contributed by atoms with E-state index in [-0.39, 0.29) is 6.42 Å². The van der Waals surface area contributed by atoms with Gasteiger partial charge in [-0.3, -0.25) is 4.79 Å². The summed E-state index contributed by atoms with van der Waals surface area (Å²) in [6.07, 6.45) is 0.474. The Morgan fingerprint density at radius 2 is 1.92 bits per heavy atom. The van der Waals surface area contributed by atoms with E-state index in [1.54, 1.807) is 0 Å². The third kappa shape index (κ3) is 4.24.